The Kier molecular flexibility index (Phi) is 3.03. The topological polar surface area (TPSA) is 96.7 Å². The molecule has 0 radical (unpaired) electrons. The second-order valence-corrected chi connectivity index (χ2v) is 3.80. The van der Waals surface area contributed by atoms with Crippen molar-refractivity contribution in [2.75, 3.05) is 29.6 Å². The Hall–Kier alpha value is -1.11. The van der Waals surface area contributed by atoms with Gasteiger partial charge in [0, 0.05) is 29.4 Å². The van der Waals surface area contributed by atoms with E-state index in [0.29, 0.717) is 18.2 Å². The summed E-state index contributed by atoms with van der Waals surface area (Å²) >= 11 is 0. The van der Waals surface area contributed by atoms with Crippen molar-refractivity contribution in [1.82, 2.24) is 15.2 Å². The van der Waals surface area contributed by atoms with Crippen molar-refractivity contribution in [3.05, 3.63) is 0 Å². The van der Waals surface area contributed by atoms with Crippen molar-refractivity contribution in [3.63, 3.8) is 0 Å². The second kappa shape index (κ2) is 4.05. The van der Waals surface area contributed by atoms with Crippen LogP contribution in [0.5, 0.6) is 0 Å². The highest BCUT2D eigenvalue weighted by Crippen LogP contribution is 1.97. The average Bonchev–Trinajstić information content (AvgIpc) is 2.35. The number of rotatable bonds is 4. The molecule has 4 N–H and O–H groups in total. The van der Waals surface area contributed by atoms with E-state index in [0.717, 1.165) is 0 Å². The van der Waals surface area contributed by atoms with Gasteiger partial charge in [0.1, 0.15) is 0 Å². The Bertz CT molecular complexity index is 273. The SMILES string of the molecule is CS(=O)CCNc1n[nH]c(N)n1. The van der Waals surface area contributed by atoms with Gasteiger partial charge in [0.05, 0.1) is 0 Å². The molecule has 0 saturated carbocycles. The van der Waals surface area contributed by atoms with Crippen LogP contribution >= 0.6 is 0 Å². The van der Waals surface area contributed by atoms with Crippen LogP contribution in [0.4, 0.5) is 11.9 Å². The fourth-order valence-corrected chi connectivity index (χ4v) is 1.05. The average molecular weight is 189 g/mol. The predicted octanol–water partition coefficient (Wildman–Crippen LogP) is -0.823. The molecule has 1 aromatic rings. The molecule has 12 heavy (non-hydrogen) atoms. The van der Waals surface area contributed by atoms with Crippen molar-refractivity contribution in [2.45, 2.75) is 0 Å². The molecule has 0 saturated heterocycles. The van der Waals surface area contributed by atoms with Gasteiger partial charge in [-0.15, -0.1) is 5.10 Å². The first kappa shape index (κ1) is 8.98. The minimum Gasteiger partial charge on any atom is -0.368 e. The Morgan fingerprint density at radius 1 is 1.75 bits per heavy atom. The van der Waals surface area contributed by atoms with Crippen LogP contribution < -0.4 is 11.1 Å². The van der Waals surface area contributed by atoms with Crippen LogP contribution in [0.2, 0.25) is 0 Å². The lowest BCUT2D eigenvalue weighted by Crippen LogP contribution is -2.10. The van der Waals surface area contributed by atoms with Crippen LogP contribution in [0.1, 0.15) is 0 Å². The Balaban J connectivity index is 2.29. The number of hydrogen-bond donors (Lipinski definition) is 3. The van der Waals surface area contributed by atoms with Crippen molar-refractivity contribution in [1.29, 1.82) is 0 Å². The molecule has 0 spiro atoms. The van der Waals surface area contributed by atoms with E-state index in [4.69, 9.17) is 5.73 Å². The number of nitrogens with two attached hydrogens (primary N) is 1. The Morgan fingerprint density at radius 2 is 2.50 bits per heavy atom. The number of anilines is 2. The molecule has 1 heterocycles. The summed E-state index contributed by atoms with van der Waals surface area (Å²) in [4.78, 5) is 3.81. The van der Waals surface area contributed by atoms with E-state index in [2.05, 4.69) is 20.5 Å². The smallest absolute Gasteiger partial charge is 0.243 e. The van der Waals surface area contributed by atoms with Gasteiger partial charge in [-0.25, -0.2) is 5.10 Å². The van der Waals surface area contributed by atoms with Gasteiger partial charge in [0.2, 0.25) is 11.9 Å². The number of nitrogens with zero attached hydrogens (tertiary/aromatic N) is 2. The Labute approximate surface area is 72.4 Å². The van der Waals surface area contributed by atoms with E-state index in [-0.39, 0.29) is 5.95 Å². The fraction of sp³-hybridized carbons (Fsp3) is 0.600. The van der Waals surface area contributed by atoms with Crippen molar-refractivity contribution >= 4 is 22.7 Å². The van der Waals surface area contributed by atoms with E-state index < -0.39 is 10.8 Å². The van der Waals surface area contributed by atoms with E-state index in [9.17, 15) is 4.21 Å². The van der Waals surface area contributed by atoms with Gasteiger partial charge in [-0.05, 0) is 0 Å². The quantitative estimate of drug-likeness (QED) is 0.575. The molecule has 0 amide bonds. The summed E-state index contributed by atoms with van der Waals surface area (Å²) < 4.78 is 10.6. The lowest BCUT2D eigenvalue weighted by atomic mass is 10.7. The molecule has 1 aromatic heterocycles. The third-order valence-electron chi connectivity index (χ3n) is 1.18. The van der Waals surface area contributed by atoms with Gasteiger partial charge in [0.15, 0.2) is 0 Å². The molecule has 0 aromatic carbocycles. The number of H-pyrrole nitrogens is 1. The second-order valence-electron chi connectivity index (χ2n) is 2.25. The zero-order chi connectivity index (χ0) is 8.97. The van der Waals surface area contributed by atoms with Gasteiger partial charge in [-0.1, -0.05) is 0 Å². The molecule has 1 unspecified atom stereocenters. The monoisotopic (exact) mass is 189 g/mol. The van der Waals surface area contributed by atoms with Crippen LogP contribution in [0.3, 0.4) is 0 Å². The molecule has 6 nitrogen and oxygen atoms in total. The molecule has 0 fully saturated rings. The molecule has 1 atom stereocenters. The molecule has 0 aliphatic carbocycles. The molecular formula is C5H11N5OS. The highest BCUT2D eigenvalue weighted by Gasteiger charge is 1.98. The highest BCUT2D eigenvalue weighted by molar-refractivity contribution is 7.84. The van der Waals surface area contributed by atoms with Gasteiger partial charge < -0.3 is 11.1 Å². The Morgan fingerprint density at radius 3 is 3.00 bits per heavy atom. The maximum atomic E-state index is 10.6. The summed E-state index contributed by atoms with van der Waals surface area (Å²) in [7, 11) is -0.792. The summed E-state index contributed by atoms with van der Waals surface area (Å²) in [6.07, 6.45) is 1.65. The molecule has 0 aliphatic rings. The van der Waals surface area contributed by atoms with Crippen LogP contribution in [-0.4, -0.2) is 37.9 Å². The third kappa shape index (κ3) is 2.87. The molecule has 0 bridgehead atoms. The normalized spacial score (nSPS) is 12.8. The first-order chi connectivity index (χ1) is 5.68. The summed E-state index contributed by atoms with van der Waals surface area (Å²) in [5.41, 5.74) is 5.28. The van der Waals surface area contributed by atoms with Crippen molar-refractivity contribution in [2.24, 2.45) is 0 Å². The van der Waals surface area contributed by atoms with Crippen molar-refractivity contribution in [3.8, 4) is 0 Å². The number of nitrogens with one attached hydrogen (secondary N) is 2. The largest absolute Gasteiger partial charge is 0.368 e. The molecule has 7 heteroatoms. The third-order valence-corrected chi connectivity index (χ3v) is 1.95. The van der Waals surface area contributed by atoms with Crippen LogP contribution in [0.25, 0.3) is 0 Å². The maximum absolute atomic E-state index is 10.6. The van der Waals surface area contributed by atoms with Gasteiger partial charge in [-0.3, -0.25) is 4.21 Å². The van der Waals surface area contributed by atoms with E-state index in [1.54, 1.807) is 6.26 Å². The van der Waals surface area contributed by atoms with Crippen molar-refractivity contribution < 1.29 is 4.21 Å². The zero-order valence-corrected chi connectivity index (χ0v) is 7.52. The van der Waals surface area contributed by atoms with Crippen LogP contribution in [-0.2, 0) is 10.8 Å². The number of aromatic amines is 1. The van der Waals surface area contributed by atoms with Crippen LogP contribution in [0.15, 0.2) is 0 Å². The van der Waals surface area contributed by atoms with Crippen LogP contribution in [0, 0.1) is 0 Å². The highest BCUT2D eigenvalue weighted by atomic mass is 32.2. The summed E-state index contributed by atoms with van der Waals surface area (Å²) in [5.74, 6) is 1.29. The predicted molar refractivity (Wildman–Crippen MR) is 48.2 cm³/mol. The lowest BCUT2D eigenvalue weighted by Gasteiger charge is -1.97. The first-order valence-corrected chi connectivity index (χ1v) is 5.13. The number of hydrogen-bond acceptors (Lipinski definition) is 5. The number of nitrogen functional groups attached to an aromatic ring is 1. The number of aromatic nitrogens is 3. The minimum absolute atomic E-state index is 0.273. The molecule has 68 valence electrons. The summed E-state index contributed by atoms with van der Waals surface area (Å²) in [6, 6.07) is 0. The van der Waals surface area contributed by atoms with E-state index >= 15 is 0 Å². The fourth-order valence-electron chi connectivity index (χ4n) is 0.660. The zero-order valence-electron chi connectivity index (χ0n) is 6.70. The van der Waals surface area contributed by atoms with Gasteiger partial charge in [0.25, 0.3) is 0 Å². The van der Waals surface area contributed by atoms with Gasteiger partial charge >= 0.3 is 0 Å². The molecule has 0 aliphatic heterocycles. The lowest BCUT2D eigenvalue weighted by molar-refractivity contribution is 0.687. The molecule has 1 rings (SSSR count). The summed E-state index contributed by atoms with van der Waals surface area (Å²) in [6.45, 7) is 0.584. The van der Waals surface area contributed by atoms with Gasteiger partial charge in [-0.2, -0.15) is 4.98 Å². The van der Waals surface area contributed by atoms with E-state index in [1.807, 2.05) is 0 Å². The maximum Gasteiger partial charge on any atom is 0.243 e. The van der Waals surface area contributed by atoms with E-state index in [1.165, 1.54) is 0 Å². The minimum atomic E-state index is -0.792. The standard InChI is InChI=1S/C5H11N5OS/c1-12(11)3-2-7-5-8-4(6)9-10-5/h2-3H2,1H3,(H4,6,7,8,9,10). The first-order valence-electron chi connectivity index (χ1n) is 3.40. The summed E-state index contributed by atoms with van der Waals surface area (Å²) in [5, 5.41) is 9.10. The molecular weight excluding hydrogens is 178 g/mol.